The molecule has 3 rings (SSSR count). The van der Waals surface area contributed by atoms with Crippen LogP contribution in [0.15, 0.2) is 24.3 Å². The normalized spacial score (nSPS) is 22.3. The number of nitrogens with one attached hydrogen (secondary N) is 1. The Balaban J connectivity index is 1.68. The van der Waals surface area contributed by atoms with Crippen molar-refractivity contribution in [1.29, 1.82) is 0 Å². The number of amides is 1. The summed E-state index contributed by atoms with van der Waals surface area (Å²) in [6.45, 7) is 7.10. The standard InChI is InChI=1S/C19H27FN2O3/c1-15(22-8-12-25-13-9-22)14-21-18(23)19(6-10-24-11-7-19)16-2-4-17(20)5-3-16/h2-5,15H,6-14H2,1H3,(H,21,23). The van der Waals surface area contributed by atoms with Crippen molar-refractivity contribution in [1.82, 2.24) is 10.2 Å². The molecule has 1 N–H and O–H groups in total. The van der Waals surface area contributed by atoms with Crippen molar-refractivity contribution >= 4 is 5.91 Å². The van der Waals surface area contributed by atoms with Gasteiger partial charge in [0.25, 0.3) is 0 Å². The van der Waals surface area contributed by atoms with Gasteiger partial charge in [0.1, 0.15) is 5.82 Å². The number of morpholine rings is 1. The van der Waals surface area contributed by atoms with E-state index >= 15 is 0 Å². The number of rotatable bonds is 5. The van der Waals surface area contributed by atoms with Crippen LogP contribution in [0.25, 0.3) is 0 Å². The molecule has 2 saturated heterocycles. The lowest BCUT2D eigenvalue weighted by Crippen LogP contribution is -2.52. The third kappa shape index (κ3) is 4.19. The average Bonchev–Trinajstić information content (AvgIpc) is 2.67. The fourth-order valence-corrected chi connectivity index (χ4v) is 3.69. The minimum Gasteiger partial charge on any atom is -0.381 e. The third-order valence-electron chi connectivity index (χ3n) is 5.40. The molecule has 25 heavy (non-hydrogen) atoms. The van der Waals surface area contributed by atoms with Crippen LogP contribution < -0.4 is 5.32 Å². The lowest BCUT2D eigenvalue weighted by Gasteiger charge is -2.37. The molecule has 0 saturated carbocycles. The highest BCUT2D eigenvalue weighted by Gasteiger charge is 2.41. The molecule has 2 heterocycles. The van der Waals surface area contributed by atoms with Crippen molar-refractivity contribution < 1.29 is 18.7 Å². The van der Waals surface area contributed by atoms with E-state index in [9.17, 15) is 9.18 Å². The Labute approximate surface area is 148 Å². The van der Waals surface area contributed by atoms with Crippen molar-refractivity contribution in [2.45, 2.75) is 31.2 Å². The van der Waals surface area contributed by atoms with Crippen molar-refractivity contribution in [3.63, 3.8) is 0 Å². The lowest BCUT2D eigenvalue weighted by molar-refractivity contribution is -0.130. The highest BCUT2D eigenvalue weighted by molar-refractivity contribution is 5.88. The van der Waals surface area contributed by atoms with Crippen LogP contribution >= 0.6 is 0 Å². The van der Waals surface area contributed by atoms with Crippen molar-refractivity contribution in [2.75, 3.05) is 46.1 Å². The first kappa shape index (κ1) is 18.3. The Morgan fingerprint density at radius 2 is 1.76 bits per heavy atom. The van der Waals surface area contributed by atoms with Gasteiger partial charge in [0.05, 0.1) is 18.6 Å². The van der Waals surface area contributed by atoms with Crippen LogP contribution in [0.3, 0.4) is 0 Å². The molecule has 1 atom stereocenters. The second-order valence-corrected chi connectivity index (χ2v) is 6.91. The van der Waals surface area contributed by atoms with Gasteiger partial charge >= 0.3 is 0 Å². The number of carbonyl (C=O) groups is 1. The third-order valence-corrected chi connectivity index (χ3v) is 5.40. The van der Waals surface area contributed by atoms with Crippen molar-refractivity contribution in [3.05, 3.63) is 35.6 Å². The zero-order chi connectivity index (χ0) is 17.7. The number of hydrogen-bond acceptors (Lipinski definition) is 4. The minimum absolute atomic E-state index is 0.0162. The molecule has 138 valence electrons. The first-order chi connectivity index (χ1) is 12.1. The predicted molar refractivity (Wildman–Crippen MR) is 93.0 cm³/mol. The summed E-state index contributed by atoms with van der Waals surface area (Å²) in [5.74, 6) is -0.269. The van der Waals surface area contributed by atoms with Crippen LogP contribution in [-0.2, 0) is 19.7 Å². The van der Waals surface area contributed by atoms with Crippen LogP contribution in [-0.4, -0.2) is 62.9 Å². The van der Waals surface area contributed by atoms with Crippen molar-refractivity contribution in [3.8, 4) is 0 Å². The number of halogens is 1. The topological polar surface area (TPSA) is 50.8 Å². The SMILES string of the molecule is CC(CNC(=O)C1(c2ccc(F)cc2)CCOCC1)N1CCOCC1. The molecule has 2 aliphatic rings. The second kappa shape index (κ2) is 8.25. The second-order valence-electron chi connectivity index (χ2n) is 6.91. The number of hydrogen-bond donors (Lipinski definition) is 1. The molecule has 0 bridgehead atoms. The molecular weight excluding hydrogens is 323 g/mol. The Kier molecular flexibility index (Phi) is 6.04. The van der Waals surface area contributed by atoms with Gasteiger partial charge in [-0.2, -0.15) is 0 Å². The first-order valence-corrected chi connectivity index (χ1v) is 9.06. The predicted octanol–water partition coefficient (Wildman–Crippen LogP) is 1.71. The van der Waals surface area contributed by atoms with E-state index in [-0.39, 0.29) is 17.8 Å². The van der Waals surface area contributed by atoms with Crippen LogP contribution in [0, 0.1) is 5.82 Å². The number of carbonyl (C=O) groups excluding carboxylic acids is 1. The molecular formula is C19H27FN2O3. The van der Waals surface area contributed by atoms with E-state index in [1.165, 1.54) is 12.1 Å². The van der Waals surface area contributed by atoms with E-state index in [4.69, 9.17) is 9.47 Å². The highest BCUT2D eigenvalue weighted by atomic mass is 19.1. The number of nitrogens with zero attached hydrogens (tertiary/aromatic N) is 1. The Morgan fingerprint density at radius 1 is 1.16 bits per heavy atom. The monoisotopic (exact) mass is 350 g/mol. The van der Waals surface area contributed by atoms with Gasteiger partial charge in [0, 0.05) is 38.9 Å². The Bertz CT molecular complexity index is 567. The van der Waals surface area contributed by atoms with Gasteiger partial charge in [0.2, 0.25) is 5.91 Å². The number of benzene rings is 1. The summed E-state index contributed by atoms with van der Waals surface area (Å²) in [6.07, 6.45) is 1.24. The molecule has 0 aliphatic carbocycles. The van der Waals surface area contributed by atoms with Gasteiger partial charge in [-0.25, -0.2) is 4.39 Å². The van der Waals surface area contributed by atoms with Crippen molar-refractivity contribution in [2.24, 2.45) is 0 Å². The summed E-state index contributed by atoms with van der Waals surface area (Å²) in [7, 11) is 0. The molecule has 1 unspecified atom stereocenters. The maximum absolute atomic E-state index is 13.3. The maximum Gasteiger partial charge on any atom is 0.230 e. The van der Waals surface area contributed by atoms with Gasteiger partial charge in [-0.05, 0) is 37.5 Å². The minimum atomic E-state index is -0.628. The highest BCUT2D eigenvalue weighted by Crippen LogP contribution is 2.35. The molecule has 6 heteroatoms. The lowest BCUT2D eigenvalue weighted by atomic mass is 9.73. The van der Waals surface area contributed by atoms with E-state index in [2.05, 4.69) is 17.1 Å². The quantitative estimate of drug-likeness (QED) is 0.878. The van der Waals surface area contributed by atoms with Gasteiger partial charge in [-0.1, -0.05) is 12.1 Å². The summed E-state index contributed by atoms with van der Waals surface area (Å²) in [4.78, 5) is 15.4. The van der Waals surface area contributed by atoms with Crippen LogP contribution in [0.1, 0.15) is 25.3 Å². The summed E-state index contributed by atoms with van der Waals surface area (Å²) in [5.41, 5.74) is 0.241. The van der Waals surface area contributed by atoms with Crippen LogP contribution in [0.5, 0.6) is 0 Å². The maximum atomic E-state index is 13.3. The molecule has 2 aliphatic heterocycles. The molecule has 2 fully saturated rings. The van der Waals surface area contributed by atoms with E-state index in [1.807, 2.05) is 0 Å². The van der Waals surface area contributed by atoms with Gasteiger partial charge in [0.15, 0.2) is 0 Å². The van der Waals surface area contributed by atoms with Gasteiger partial charge in [-0.15, -0.1) is 0 Å². The largest absolute Gasteiger partial charge is 0.381 e. The van der Waals surface area contributed by atoms with E-state index < -0.39 is 5.41 Å². The molecule has 1 aromatic carbocycles. The molecule has 0 aromatic heterocycles. The Morgan fingerprint density at radius 3 is 2.40 bits per heavy atom. The summed E-state index contributed by atoms with van der Waals surface area (Å²) >= 11 is 0. The molecule has 5 nitrogen and oxygen atoms in total. The van der Waals surface area contributed by atoms with Crippen LogP contribution in [0.2, 0.25) is 0 Å². The smallest absolute Gasteiger partial charge is 0.230 e. The summed E-state index contributed by atoms with van der Waals surface area (Å²) < 4.78 is 24.1. The average molecular weight is 350 g/mol. The summed E-state index contributed by atoms with van der Waals surface area (Å²) in [5, 5.41) is 3.13. The van der Waals surface area contributed by atoms with Gasteiger partial charge < -0.3 is 14.8 Å². The van der Waals surface area contributed by atoms with E-state index in [0.29, 0.717) is 32.6 Å². The fourth-order valence-electron chi connectivity index (χ4n) is 3.69. The first-order valence-electron chi connectivity index (χ1n) is 9.06. The Hall–Kier alpha value is -1.50. The molecule has 1 amide bonds. The molecule has 0 spiro atoms. The zero-order valence-corrected chi connectivity index (χ0v) is 14.8. The van der Waals surface area contributed by atoms with E-state index in [0.717, 1.165) is 31.9 Å². The van der Waals surface area contributed by atoms with Gasteiger partial charge in [-0.3, -0.25) is 9.69 Å². The summed E-state index contributed by atoms with van der Waals surface area (Å²) in [6, 6.07) is 6.57. The zero-order valence-electron chi connectivity index (χ0n) is 14.8. The molecule has 0 radical (unpaired) electrons. The van der Waals surface area contributed by atoms with E-state index in [1.54, 1.807) is 12.1 Å². The number of ether oxygens (including phenoxy) is 2. The molecule has 1 aromatic rings. The fraction of sp³-hybridized carbons (Fsp3) is 0.632. The van der Waals surface area contributed by atoms with Crippen LogP contribution in [0.4, 0.5) is 4.39 Å².